The van der Waals surface area contributed by atoms with Crippen LogP contribution < -0.4 is 9.47 Å². The van der Waals surface area contributed by atoms with Crippen LogP contribution in [0.25, 0.3) is 0 Å². The van der Waals surface area contributed by atoms with Crippen molar-refractivity contribution in [2.24, 2.45) is 0 Å². The van der Waals surface area contributed by atoms with E-state index in [1.54, 1.807) is 19.1 Å². The molecular weight excluding hydrogens is 295 g/mol. The minimum atomic E-state index is -0.534. The third-order valence-electron chi connectivity index (χ3n) is 3.31. The Morgan fingerprint density at radius 2 is 1.81 bits per heavy atom. The molecule has 21 heavy (non-hydrogen) atoms. The van der Waals surface area contributed by atoms with Crippen LogP contribution in [0.15, 0.2) is 30.3 Å². The Bertz CT molecular complexity index is 728. The summed E-state index contributed by atoms with van der Waals surface area (Å²) < 4.78 is 24.9. The van der Waals surface area contributed by atoms with Gasteiger partial charge in [-0.3, -0.25) is 4.79 Å². The van der Waals surface area contributed by atoms with Crippen molar-refractivity contribution >= 4 is 17.4 Å². The van der Waals surface area contributed by atoms with Crippen LogP contribution in [-0.4, -0.2) is 19.0 Å². The highest BCUT2D eigenvalue weighted by Gasteiger charge is 2.22. The fourth-order valence-electron chi connectivity index (χ4n) is 2.21. The van der Waals surface area contributed by atoms with Gasteiger partial charge in [-0.15, -0.1) is 0 Å². The van der Waals surface area contributed by atoms with E-state index in [1.165, 1.54) is 18.2 Å². The molecule has 0 spiro atoms. The zero-order valence-corrected chi connectivity index (χ0v) is 12.0. The number of hydrogen-bond donors (Lipinski definition) is 0. The van der Waals surface area contributed by atoms with Crippen LogP contribution in [0, 0.1) is 12.7 Å². The normalized spacial score (nSPS) is 13.1. The van der Waals surface area contributed by atoms with Crippen molar-refractivity contribution in [3.63, 3.8) is 0 Å². The number of ketones is 1. The van der Waals surface area contributed by atoms with Crippen molar-refractivity contribution in [1.29, 1.82) is 0 Å². The van der Waals surface area contributed by atoms with Crippen LogP contribution in [-0.2, 0) is 0 Å². The predicted octanol–water partition coefficient (Wildman–Crippen LogP) is 3.79. The van der Waals surface area contributed by atoms with Crippen LogP contribution in [0.2, 0.25) is 5.02 Å². The van der Waals surface area contributed by atoms with Crippen LogP contribution in [0.5, 0.6) is 11.5 Å². The lowest BCUT2D eigenvalue weighted by molar-refractivity contribution is 0.103. The molecule has 2 aromatic carbocycles. The van der Waals surface area contributed by atoms with E-state index >= 15 is 0 Å². The van der Waals surface area contributed by atoms with Crippen LogP contribution in [0.4, 0.5) is 4.39 Å². The van der Waals surface area contributed by atoms with Crippen LogP contribution >= 0.6 is 11.6 Å². The van der Waals surface area contributed by atoms with Gasteiger partial charge in [0.15, 0.2) is 17.3 Å². The molecule has 2 aromatic rings. The number of carbonyl (C=O) groups is 1. The first-order chi connectivity index (χ1) is 10.1. The molecule has 1 aliphatic rings. The molecule has 1 heterocycles. The second-order valence-electron chi connectivity index (χ2n) is 4.74. The SMILES string of the molecule is Cc1cccc(C(=O)c2cc3c(cc2Cl)OCCO3)c1F. The molecule has 0 fully saturated rings. The van der Waals surface area contributed by atoms with Gasteiger partial charge in [-0.05, 0) is 24.6 Å². The Kier molecular flexibility index (Phi) is 3.55. The van der Waals surface area contributed by atoms with E-state index in [0.29, 0.717) is 30.3 Å². The summed E-state index contributed by atoms with van der Waals surface area (Å²) in [7, 11) is 0. The van der Waals surface area contributed by atoms with Gasteiger partial charge >= 0.3 is 0 Å². The summed E-state index contributed by atoms with van der Waals surface area (Å²) in [6.45, 7) is 2.45. The first-order valence-corrected chi connectivity index (χ1v) is 6.84. The number of halogens is 2. The first kappa shape index (κ1) is 13.9. The maximum absolute atomic E-state index is 14.1. The summed E-state index contributed by atoms with van der Waals surface area (Å²) in [6.07, 6.45) is 0. The number of carbonyl (C=O) groups excluding carboxylic acids is 1. The first-order valence-electron chi connectivity index (χ1n) is 6.47. The Labute approximate surface area is 126 Å². The van der Waals surface area contributed by atoms with Crippen molar-refractivity contribution in [1.82, 2.24) is 0 Å². The fourth-order valence-corrected chi connectivity index (χ4v) is 2.45. The second kappa shape index (κ2) is 5.37. The monoisotopic (exact) mass is 306 g/mol. The smallest absolute Gasteiger partial charge is 0.197 e. The summed E-state index contributed by atoms with van der Waals surface area (Å²) in [6, 6.07) is 7.71. The van der Waals surface area contributed by atoms with Crippen molar-refractivity contribution in [2.45, 2.75) is 6.92 Å². The maximum Gasteiger partial charge on any atom is 0.197 e. The highest BCUT2D eigenvalue weighted by Crippen LogP contribution is 2.36. The molecule has 0 aromatic heterocycles. The predicted molar refractivity (Wildman–Crippen MR) is 77.0 cm³/mol. The van der Waals surface area contributed by atoms with Crippen LogP contribution in [0.1, 0.15) is 21.5 Å². The van der Waals surface area contributed by atoms with E-state index in [1.807, 2.05) is 0 Å². The molecule has 0 aliphatic carbocycles. The molecule has 1 aliphatic heterocycles. The lowest BCUT2D eigenvalue weighted by Gasteiger charge is -2.19. The molecule has 0 unspecified atom stereocenters. The zero-order valence-electron chi connectivity index (χ0n) is 11.3. The summed E-state index contributed by atoms with van der Waals surface area (Å²) in [5, 5.41) is 0.213. The molecule has 0 saturated heterocycles. The topological polar surface area (TPSA) is 35.5 Å². The number of fused-ring (bicyclic) bond motifs is 1. The molecule has 0 radical (unpaired) electrons. The zero-order chi connectivity index (χ0) is 15.0. The molecule has 108 valence electrons. The van der Waals surface area contributed by atoms with Crippen molar-refractivity contribution in [2.75, 3.05) is 13.2 Å². The minimum absolute atomic E-state index is 0.00595. The molecule has 0 N–H and O–H groups in total. The molecule has 0 atom stereocenters. The second-order valence-corrected chi connectivity index (χ2v) is 5.15. The van der Waals surface area contributed by atoms with Gasteiger partial charge in [0.25, 0.3) is 0 Å². The quantitative estimate of drug-likeness (QED) is 0.792. The van der Waals surface area contributed by atoms with Gasteiger partial charge in [0, 0.05) is 11.6 Å². The fraction of sp³-hybridized carbons (Fsp3) is 0.188. The van der Waals surface area contributed by atoms with Gasteiger partial charge in [0.2, 0.25) is 0 Å². The summed E-state index contributed by atoms with van der Waals surface area (Å²) in [4.78, 5) is 12.5. The maximum atomic E-state index is 14.1. The Hall–Kier alpha value is -2.07. The molecule has 0 bridgehead atoms. The van der Waals surface area contributed by atoms with Crippen LogP contribution in [0.3, 0.4) is 0 Å². The summed E-state index contributed by atoms with van der Waals surface area (Å²) >= 11 is 6.12. The average Bonchev–Trinajstić information content (AvgIpc) is 2.48. The number of benzene rings is 2. The van der Waals surface area contributed by atoms with Gasteiger partial charge in [-0.2, -0.15) is 0 Å². The third-order valence-corrected chi connectivity index (χ3v) is 3.63. The Morgan fingerprint density at radius 1 is 1.14 bits per heavy atom. The molecule has 3 rings (SSSR count). The molecule has 0 amide bonds. The van der Waals surface area contributed by atoms with E-state index in [9.17, 15) is 9.18 Å². The standard InChI is InChI=1S/C16H12ClFO3/c1-9-3-2-4-10(15(9)18)16(19)11-7-13-14(8-12(11)17)21-6-5-20-13/h2-4,7-8H,5-6H2,1H3. The number of hydrogen-bond acceptors (Lipinski definition) is 3. The summed E-state index contributed by atoms with van der Waals surface area (Å²) in [5.74, 6) is -0.0683. The molecule has 3 nitrogen and oxygen atoms in total. The van der Waals surface area contributed by atoms with E-state index in [-0.39, 0.29) is 16.1 Å². The van der Waals surface area contributed by atoms with Gasteiger partial charge in [-0.25, -0.2) is 4.39 Å². The number of aryl methyl sites for hydroxylation is 1. The van der Waals surface area contributed by atoms with Crippen molar-refractivity contribution in [3.8, 4) is 11.5 Å². The minimum Gasteiger partial charge on any atom is -0.486 e. The third kappa shape index (κ3) is 2.47. The van der Waals surface area contributed by atoms with Gasteiger partial charge < -0.3 is 9.47 Å². The van der Waals surface area contributed by atoms with E-state index in [2.05, 4.69) is 0 Å². The highest BCUT2D eigenvalue weighted by molar-refractivity contribution is 6.35. The Balaban J connectivity index is 2.07. The molecule has 0 saturated carbocycles. The molecular formula is C16H12ClFO3. The average molecular weight is 307 g/mol. The number of ether oxygens (including phenoxy) is 2. The molecule has 5 heteroatoms. The largest absolute Gasteiger partial charge is 0.486 e. The Morgan fingerprint density at radius 3 is 2.52 bits per heavy atom. The van der Waals surface area contributed by atoms with Crippen molar-refractivity contribution < 1.29 is 18.7 Å². The van der Waals surface area contributed by atoms with E-state index in [4.69, 9.17) is 21.1 Å². The lowest BCUT2D eigenvalue weighted by atomic mass is 10.0. The number of rotatable bonds is 2. The van der Waals surface area contributed by atoms with Gasteiger partial charge in [0.1, 0.15) is 19.0 Å². The van der Waals surface area contributed by atoms with Gasteiger partial charge in [-0.1, -0.05) is 23.7 Å². The lowest BCUT2D eigenvalue weighted by Crippen LogP contribution is -2.16. The van der Waals surface area contributed by atoms with Crippen molar-refractivity contribution in [3.05, 3.63) is 57.9 Å². The van der Waals surface area contributed by atoms with E-state index < -0.39 is 11.6 Å². The summed E-state index contributed by atoms with van der Waals surface area (Å²) in [5.41, 5.74) is 0.605. The highest BCUT2D eigenvalue weighted by atomic mass is 35.5. The van der Waals surface area contributed by atoms with Gasteiger partial charge in [0.05, 0.1) is 10.6 Å². The van der Waals surface area contributed by atoms with E-state index in [0.717, 1.165) is 0 Å².